The number of aliphatic carboxylic acids is 1. The number of carbonyl (C=O) groups excluding carboxylic acids is 1. The molecule has 12 nitrogen and oxygen atoms in total. The van der Waals surface area contributed by atoms with Gasteiger partial charge in [0.1, 0.15) is 31.0 Å². The molecule has 1 aliphatic carbocycles. The smallest absolute Gasteiger partial charge is 0.334 e. The molecule has 0 bridgehead atoms. The van der Waals surface area contributed by atoms with Crippen molar-refractivity contribution < 1.29 is 59.2 Å². The molecule has 0 radical (unpaired) electrons. The van der Waals surface area contributed by atoms with E-state index in [9.17, 15) is 35.1 Å². The zero-order chi connectivity index (χ0) is 28.2. The number of fused-ring (bicyclic) bond motifs is 1. The van der Waals surface area contributed by atoms with Crippen LogP contribution in [0.3, 0.4) is 0 Å². The molecule has 0 aromatic rings. The number of hydrogen-bond donors (Lipinski definition) is 6. The van der Waals surface area contributed by atoms with E-state index < -0.39 is 73.0 Å². The summed E-state index contributed by atoms with van der Waals surface area (Å²) in [5, 5.41) is 60.5. The molecule has 2 fully saturated rings. The summed E-state index contributed by atoms with van der Waals surface area (Å²) in [6.07, 6.45) is -2.69. The van der Waals surface area contributed by atoms with Crippen molar-refractivity contribution in [2.45, 2.75) is 89.1 Å². The molecule has 1 saturated carbocycles. The van der Waals surface area contributed by atoms with Gasteiger partial charge in [0, 0.05) is 11.5 Å². The maximum absolute atomic E-state index is 12.4. The molecule has 0 aromatic heterocycles. The summed E-state index contributed by atoms with van der Waals surface area (Å²) in [5.41, 5.74) is -0.0235. The summed E-state index contributed by atoms with van der Waals surface area (Å²) >= 11 is 0. The van der Waals surface area contributed by atoms with Crippen LogP contribution in [-0.4, -0.2) is 98.4 Å². The Balaban J connectivity index is 1.64. The SMILES string of the molecule is CC(=CCO)CCC=C(C)C(=O)OCC1OC(OC2OC=C(C(=O)O)C3CCC(C)(O)C23)C(O)C(O)C1O. The van der Waals surface area contributed by atoms with Crippen molar-refractivity contribution in [2.75, 3.05) is 13.2 Å². The minimum Gasteiger partial charge on any atom is -0.478 e. The highest BCUT2D eigenvalue weighted by Gasteiger charge is 2.56. The molecular formula is C26H38O12. The zero-order valence-corrected chi connectivity index (χ0v) is 21.7. The molecule has 6 N–H and O–H groups in total. The van der Waals surface area contributed by atoms with E-state index in [0.29, 0.717) is 31.3 Å². The van der Waals surface area contributed by atoms with Crippen molar-refractivity contribution >= 4 is 11.9 Å². The van der Waals surface area contributed by atoms with Gasteiger partial charge in [0.25, 0.3) is 0 Å². The molecule has 9 unspecified atom stereocenters. The van der Waals surface area contributed by atoms with Gasteiger partial charge in [-0.1, -0.05) is 17.7 Å². The topological polar surface area (TPSA) is 192 Å². The van der Waals surface area contributed by atoms with Crippen LogP contribution in [0.15, 0.2) is 35.1 Å². The minimum absolute atomic E-state index is 0.000913. The van der Waals surface area contributed by atoms with Crippen molar-refractivity contribution in [1.29, 1.82) is 0 Å². The summed E-state index contributed by atoms with van der Waals surface area (Å²) in [6.45, 7) is 4.47. The molecule has 3 aliphatic rings. The Labute approximate surface area is 220 Å². The van der Waals surface area contributed by atoms with E-state index in [-0.39, 0.29) is 12.2 Å². The van der Waals surface area contributed by atoms with E-state index in [0.717, 1.165) is 11.8 Å². The van der Waals surface area contributed by atoms with E-state index in [1.807, 2.05) is 6.92 Å². The molecule has 3 rings (SSSR count). The Morgan fingerprint density at radius 3 is 2.50 bits per heavy atom. The maximum Gasteiger partial charge on any atom is 0.334 e. The zero-order valence-electron chi connectivity index (χ0n) is 21.7. The fourth-order valence-electron chi connectivity index (χ4n) is 5.13. The third-order valence-corrected chi connectivity index (χ3v) is 7.45. The number of aliphatic hydroxyl groups excluding tert-OH is 4. The number of esters is 1. The number of carboxylic acids is 1. The quantitative estimate of drug-likeness (QED) is 0.124. The van der Waals surface area contributed by atoms with Gasteiger partial charge in [-0.05, 0) is 46.5 Å². The lowest BCUT2D eigenvalue weighted by Crippen LogP contribution is -2.61. The first kappa shape index (κ1) is 30.2. The Bertz CT molecular complexity index is 954. The fraction of sp³-hybridized carbons (Fsp3) is 0.692. The Morgan fingerprint density at radius 1 is 1.13 bits per heavy atom. The van der Waals surface area contributed by atoms with E-state index in [2.05, 4.69) is 0 Å². The second-order valence-corrected chi connectivity index (χ2v) is 10.3. The molecule has 2 heterocycles. The molecule has 38 heavy (non-hydrogen) atoms. The predicted molar refractivity (Wildman–Crippen MR) is 130 cm³/mol. The van der Waals surface area contributed by atoms with E-state index >= 15 is 0 Å². The van der Waals surface area contributed by atoms with Gasteiger partial charge < -0.3 is 49.6 Å². The third kappa shape index (κ3) is 6.81. The Hall–Kier alpha value is -2.32. The molecule has 2 aliphatic heterocycles. The first-order chi connectivity index (χ1) is 17.9. The molecule has 0 amide bonds. The lowest BCUT2D eigenvalue weighted by atomic mass is 9.81. The normalized spacial score (nSPS) is 37.7. The summed E-state index contributed by atoms with van der Waals surface area (Å²) in [7, 11) is 0. The Morgan fingerprint density at radius 2 is 1.84 bits per heavy atom. The number of aliphatic hydroxyl groups is 5. The first-order valence-electron chi connectivity index (χ1n) is 12.6. The van der Waals surface area contributed by atoms with E-state index in [4.69, 9.17) is 24.1 Å². The highest BCUT2D eigenvalue weighted by atomic mass is 16.8. The van der Waals surface area contributed by atoms with E-state index in [1.165, 1.54) is 0 Å². The number of hydrogen-bond acceptors (Lipinski definition) is 11. The van der Waals surface area contributed by atoms with Crippen LogP contribution in [0.1, 0.15) is 46.5 Å². The van der Waals surface area contributed by atoms with Crippen LogP contribution in [0.25, 0.3) is 0 Å². The van der Waals surface area contributed by atoms with Gasteiger partial charge in [0.05, 0.1) is 30.0 Å². The number of carbonyl (C=O) groups is 2. The van der Waals surface area contributed by atoms with Crippen molar-refractivity contribution in [2.24, 2.45) is 11.8 Å². The van der Waals surface area contributed by atoms with Crippen LogP contribution in [0, 0.1) is 11.8 Å². The molecule has 0 aromatic carbocycles. The second-order valence-electron chi connectivity index (χ2n) is 10.3. The monoisotopic (exact) mass is 542 g/mol. The highest BCUT2D eigenvalue weighted by molar-refractivity contribution is 5.88. The average molecular weight is 543 g/mol. The predicted octanol–water partition coefficient (Wildman–Crippen LogP) is 0.121. The maximum atomic E-state index is 12.4. The molecule has 214 valence electrons. The van der Waals surface area contributed by atoms with Crippen LogP contribution in [-0.2, 0) is 28.5 Å². The standard InChI is InChI=1S/C26H38O12/c1-13(8-10-27)5-4-6-14(2)23(33)35-12-17-19(28)20(29)21(30)25(37-17)38-24-18-15(7-9-26(18,3)34)16(11-36-24)22(31)32/h6,8,11,15,17-21,24-25,27-30,34H,4-5,7,9-10,12H2,1-3H3,(H,31,32). The largest absolute Gasteiger partial charge is 0.478 e. The van der Waals surface area contributed by atoms with Crippen LogP contribution in [0.4, 0.5) is 0 Å². The molecule has 9 atom stereocenters. The van der Waals surface area contributed by atoms with Gasteiger partial charge in [-0.25, -0.2) is 9.59 Å². The highest BCUT2D eigenvalue weighted by Crippen LogP contribution is 2.49. The van der Waals surface area contributed by atoms with Crippen molar-refractivity contribution in [3.05, 3.63) is 35.1 Å². The van der Waals surface area contributed by atoms with Gasteiger partial charge in [-0.3, -0.25) is 0 Å². The number of carboxylic acid groups (broad SMARTS) is 1. The van der Waals surface area contributed by atoms with Crippen LogP contribution in [0.2, 0.25) is 0 Å². The van der Waals surface area contributed by atoms with E-state index in [1.54, 1.807) is 26.0 Å². The molecular weight excluding hydrogens is 504 g/mol. The molecule has 1 saturated heterocycles. The molecule has 12 heteroatoms. The summed E-state index contributed by atoms with van der Waals surface area (Å²) in [4.78, 5) is 24.0. The minimum atomic E-state index is -1.70. The van der Waals surface area contributed by atoms with Crippen LogP contribution < -0.4 is 0 Å². The van der Waals surface area contributed by atoms with Gasteiger partial charge in [-0.2, -0.15) is 0 Å². The summed E-state index contributed by atoms with van der Waals surface area (Å²) in [6, 6.07) is 0. The number of ether oxygens (including phenoxy) is 4. The number of allylic oxidation sites excluding steroid dienone is 2. The van der Waals surface area contributed by atoms with Gasteiger partial charge in [0.15, 0.2) is 6.29 Å². The summed E-state index contributed by atoms with van der Waals surface area (Å²) in [5.74, 6) is -3.19. The average Bonchev–Trinajstić information content (AvgIpc) is 3.18. The lowest BCUT2D eigenvalue weighted by Gasteiger charge is -2.44. The number of rotatable bonds is 10. The Kier molecular flexibility index (Phi) is 10.1. The van der Waals surface area contributed by atoms with Crippen LogP contribution in [0.5, 0.6) is 0 Å². The van der Waals surface area contributed by atoms with Crippen molar-refractivity contribution in [3.63, 3.8) is 0 Å². The van der Waals surface area contributed by atoms with Gasteiger partial charge >= 0.3 is 11.9 Å². The first-order valence-corrected chi connectivity index (χ1v) is 12.6. The van der Waals surface area contributed by atoms with Crippen LogP contribution >= 0.6 is 0 Å². The fourth-order valence-corrected chi connectivity index (χ4v) is 5.13. The molecule has 0 spiro atoms. The van der Waals surface area contributed by atoms with Crippen molar-refractivity contribution in [3.8, 4) is 0 Å². The van der Waals surface area contributed by atoms with Crippen molar-refractivity contribution in [1.82, 2.24) is 0 Å². The second kappa shape index (κ2) is 12.7. The van der Waals surface area contributed by atoms with Gasteiger partial charge in [0.2, 0.25) is 6.29 Å². The summed E-state index contributed by atoms with van der Waals surface area (Å²) < 4.78 is 22.1. The third-order valence-electron chi connectivity index (χ3n) is 7.45. The lowest BCUT2D eigenvalue weighted by molar-refractivity contribution is -0.346. The van der Waals surface area contributed by atoms with Gasteiger partial charge in [-0.15, -0.1) is 0 Å².